The van der Waals surface area contributed by atoms with Crippen molar-refractivity contribution in [1.29, 1.82) is 0 Å². The molecule has 0 amide bonds. The highest BCUT2D eigenvalue weighted by Gasteiger charge is 2.20. The summed E-state index contributed by atoms with van der Waals surface area (Å²) in [5.74, 6) is 0.000252. The first-order valence-electron chi connectivity index (χ1n) is 6.84. The molecule has 0 radical (unpaired) electrons. The van der Waals surface area contributed by atoms with Gasteiger partial charge in [-0.15, -0.1) is 11.3 Å². The number of carbonyl (C=O) groups is 1. The van der Waals surface area contributed by atoms with Crippen molar-refractivity contribution in [2.24, 2.45) is 5.92 Å². The number of hydrogen-bond donors (Lipinski definition) is 1. The standard InChI is InChI=1S/C14H16N2O4S/c1-8-10-12(20-6-9-2-4-19-5-3-9)15-7-16-13(10)21-11(8)14(17)18/h7,9H,2-6H2,1H3,(H,17,18). The zero-order chi connectivity index (χ0) is 14.8. The molecular weight excluding hydrogens is 292 g/mol. The summed E-state index contributed by atoms with van der Waals surface area (Å²) in [6.07, 6.45) is 3.39. The van der Waals surface area contributed by atoms with Crippen molar-refractivity contribution >= 4 is 27.5 Å². The van der Waals surface area contributed by atoms with E-state index in [1.807, 2.05) is 0 Å². The second kappa shape index (κ2) is 5.95. The van der Waals surface area contributed by atoms with Gasteiger partial charge in [0.2, 0.25) is 5.88 Å². The van der Waals surface area contributed by atoms with Gasteiger partial charge < -0.3 is 14.6 Å². The van der Waals surface area contributed by atoms with Gasteiger partial charge in [-0.1, -0.05) is 0 Å². The number of carboxylic acid groups (broad SMARTS) is 1. The van der Waals surface area contributed by atoms with Crippen LogP contribution in [0.1, 0.15) is 28.1 Å². The van der Waals surface area contributed by atoms with E-state index in [9.17, 15) is 9.90 Å². The third kappa shape index (κ3) is 2.84. The van der Waals surface area contributed by atoms with E-state index in [-0.39, 0.29) is 0 Å². The molecule has 0 unspecified atom stereocenters. The lowest BCUT2D eigenvalue weighted by atomic mass is 10.0. The molecule has 1 aliphatic rings. The maximum atomic E-state index is 11.2. The highest BCUT2D eigenvalue weighted by atomic mass is 32.1. The molecule has 1 fully saturated rings. The fourth-order valence-corrected chi connectivity index (χ4v) is 3.44. The molecule has 3 rings (SSSR count). The number of aryl methyl sites for hydroxylation is 1. The van der Waals surface area contributed by atoms with Crippen LogP contribution < -0.4 is 4.74 Å². The highest BCUT2D eigenvalue weighted by molar-refractivity contribution is 7.20. The van der Waals surface area contributed by atoms with Crippen LogP contribution in [0.5, 0.6) is 5.88 Å². The Morgan fingerprint density at radius 2 is 2.24 bits per heavy atom. The van der Waals surface area contributed by atoms with Crippen molar-refractivity contribution in [3.05, 3.63) is 16.8 Å². The SMILES string of the molecule is Cc1c(C(=O)O)sc2ncnc(OCC3CCOCC3)c12. The van der Waals surface area contributed by atoms with Crippen LogP contribution >= 0.6 is 11.3 Å². The van der Waals surface area contributed by atoms with Crippen molar-refractivity contribution in [1.82, 2.24) is 9.97 Å². The molecule has 6 nitrogen and oxygen atoms in total. The van der Waals surface area contributed by atoms with Gasteiger partial charge in [0.1, 0.15) is 16.0 Å². The van der Waals surface area contributed by atoms with E-state index in [0.29, 0.717) is 39.1 Å². The monoisotopic (exact) mass is 308 g/mol. The van der Waals surface area contributed by atoms with Gasteiger partial charge in [0.05, 0.1) is 12.0 Å². The van der Waals surface area contributed by atoms with Crippen LogP contribution in [-0.2, 0) is 4.74 Å². The molecule has 0 bridgehead atoms. The number of hydrogen-bond acceptors (Lipinski definition) is 6. The second-order valence-electron chi connectivity index (χ2n) is 5.09. The van der Waals surface area contributed by atoms with Crippen LogP contribution in [0.4, 0.5) is 0 Å². The van der Waals surface area contributed by atoms with E-state index in [0.717, 1.165) is 37.4 Å². The Labute approximate surface area is 125 Å². The first kappa shape index (κ1) is 14.2. The zero-order valence-corrected chi connectivity index (χ0v) is 12.5. The maximum absolute atomic E-state index is 11.2. The second-order valence-corrected chi connectivity index (χ2v) is 6.09. The van der Waals surface area contributed by atoms with Gasteiger partial charge >= 0.3 is 5.97 Å². The molecule has 2 aromatic heterocycles. The molecule has 0 aromatic carbocycles. The van der Waals surface area contributed by atoms with E-state index in [4.69, 9.17) is 9.47 Å². The van der Waals surface area contributed by atoms with Gasteiger partial charge in [0, 0.05) is 13.2 Å². The topological polar surface area (TPSA) is 81.5 Å². The Balaban J connectivity index is 1.86. The maximum Gasteiger partial charge on any atom is 0.346 e. The van der Waals surface area contributed by atoms with Crippen molar-refractivity contribution in [3.8, 4) is 5.88 Å². The minimum atomic E-state index is -0.939. The average Bonchev–Trinajstić information content (AvgIpc) is 2.84. The molecule has 0 saturated carbocycles. The lowest BCUT2D eigenvalue weighted by Crippen LogP contribution is -2.21. The van der Waals surface area contributed by atoms with Crippen LogP contribution in [0, 0.1) is 12.8 Å². The lowest BCUT2D eigenvalue weighted by Gasteiger charge is -2.21. The fourth-order valence-electron chi connectivity index (χ4n) is 2.46. The lowest BCUT2D eigenvalue weighted by molar-refractivity contribution is 0.0493. The number of fused-ring (bicyclic) bond motifs is 1. The Morgan fingerprint density at radius 3 is 2.95 bits per heavy atom. The number of thiophene rings is 1. The van der Waals surface area contributed by atoms with E-state index < -0.39 is 5.97 Å². The molecule has 3 heterocycles. The first-order valence-corrected chi connectivity index (χ1v) is 7.66. The van der Waals surface area contributed by atoms with Crippen molar-refractivity contribution < 1.29 is 19.4 Å². The quantitative estimate of drug-likeness (QED) is 0.934. The predicted molar refractivity (Wildman–Crippen MR) is 78.1 cm³/mol. The van der Waals surface area contributed by atoms with Crippen molar-refractivity contribution in [2.75, 3.05) is 19.8 Å². The van der Waals surface area contributed by atoms with Crippen molar-refractivity contribution in [2.45, 2.75) is 19.8 Å². The van der Waals surface area contributed by atoms with Crippen molar-refractivity contribution in [3.63, 3.8) is 0 Å². The number of nitrogens with zero attached hydrogens (tertiary/aromatic N) is 2. The number of ether oxygens (including phenoxy) is 2. The minimum absolute atomic E-state index is 0.293. The number of aromatic carboxylic acids is 1. The molecule has 7 heteroatoms. The Morgan fingerprint density at radius 1 is 1.48 bits per heavy atom. The van der Waals surface area contributed by atoms with E-state index in [1.165, 1.54) is 6.33 Å². The van der Waals surface area contributed by atoms with Crippen LogP contribution in [0.3, 0.4) is 0 Å². The number of aromatic nitrogens is 2. The van der Waals surface area contributed by atoms with E-state index in [2.05, 4.69) is 9.97 Å². The molecular formula is C14H16N2O4S. The summed E-state index contributed by atoms with van der Waals surface area (Å²) in [5.41, 5.74) is 0.671. The summed E-state index contributed by atoms with van der Waals surface area (Å²) >= 11 is 1.16. The zero-order valence-electron chi connectivity index (χ0n) is 11.7. The molecule has 1 aliphatic heterocycles. The molecule has 1 N–H and O–H groups in total. The Bertz CT molecular complexity index is 664. The number of carboxylic acids is 1. The highest BCUT2D eigenvalue weighted by Crippen LogP contribution is 2.34. The summed E-state index contributed by atoms with van der Waals surface area (Å²) in [5, 5.41) is 9.91. The van der Waals surface area contributed by atoms with Gasteiger partial charge in [-0.05, 0) is 31.2 Å². The summed E-state index contributed by atoms with van der Waals surface area (Å²) in [6.45, 7) is 3.89. The van der Waals surface area contributed by atoms with Crippen LogP contribution in [-0.4, -0.2) is 40.9 Å². The Kier molecular flexibility index (Phi) is 4.03. The smallest absolute Gasteiger partial charge is 0.346 e. The largest absolute Gasteiger partial charge is 0.477 e. The molecule has 0 spiro atoms. The van der Waals surface area contributed by atoms with Gasteiger partial charge in [0.25, 0.3) is 0 Å². The van der Waals surface area contributed by atoms with Crippen LogP contribution in [0.15, 0.2) is 6.33 Å². The third-order valence-corrected chi connectivity index (χ3v) is 4.87. The minimum Gasteiger partial charge on any atom is -0.477 e. The van der Waals surface area contributed by atoms with E-state index in [1.54, 1.807) is 6.92 Å². The molecule has 0 aliphatic carbocycles. The van der Waals surface area contributed by atoms with Gasteiger partial charge in [-0.2, -0.15) is 0 Å². The summed E-state index contributed by atoms with van der Waals surface area (Å²) in [7, 11) is 0. The van der Waals surface area contributed by atoms with Gasteiger partial charge in [-0.3, -0.25) is 0 Å². The van der Waals surface area contributed by atoms with Crippen LogP contribution in [0.25, 0.3) is 10.2 Å². The third-order valence-electron chi connectivity index (χ3n) is 3.68. The summed E-state index contributed by atoms with van der Waals surface area (Å²) in [6, 6.07) is 0. The first-order chi connectivity index (χ1) is 10.2. The molecule has 1 saturated heterocycles. The molecule has 112 valence electrons. The molecule has 0 atom stereocenters. The van der Waals surface area contributed by atoms with Gasteiger partial charge in [-0.25, -0.2) is 14.8 Å². The predicted octanol–water partition coefficient (Wildman–Crippen LogP) is 2.50. The average molecular weight is 308 g/mol. The van der Waals surface area contributed by atoms with E-state index >= 15 is 0 Å². The van der Waals surface area contributed by atoms with Crippen LogP contribution in [0.2, 0.25) is 0 Å². The van der Waals surface area contributed by atoms with Gasteiger partial charge in [0.15, 0.2) is 0 Å². The molecule has 21 heavy (non-hydrogen) atoms. The Hall–Kier alpha value is -1.73. The normalized spacial score (nSPS) is 16.2. The fraction of sp³-hybridized carbons (Fsp3) is 0.500. The summed E-state index contributed by atoms with van der Waals surface area (Å²) in [4.78, 5) is 20.5. The summed E-state index contributed by atoms with van der Waals surface area (Å²) < 4.78 is 11.2. The number of rotatable bonds is 4. The molecule has 2 aromatic rings.